The number of nitrogens with zero attached hydrogens (tertiary/aromatic N) is 4. The molecule has 0 spiro atoms. The molecular weight excluding hydrogens is 326 g/mol. The van der Waals surface area contributed by atoms with Crippen LogP contribution in [0.15, 0.2) is 30.7 Å². The lowest BCUT2D eigenvalue weighted by Gasteiger charge is -2.07. The highest BCUT2D eigenvalue weighted by atomic mass is 16.6. The number of pyridine rings is 1. The van der Waals surface area contributed by atoms with Crippen molar-refractivity contribution in [2.45, 2.75) is 0 Å². The third-order valence-electron chi connectivity index (χ3n) is 3.37. The number of aliphatic hydroxyl groups excluding tert-OH is 1. The van der Waals surface area contributed by atoms with Crippen molar-refractivity contribution in [2.75, 3.05) is 31.5 Å². The van der Waals surface area contributed by atoms with Crippen LogP contribution in [0.3, 0.4) is 0 Å². The highest BCUT2D eigenvalue weighted by Gasteiger charge is 2.14. The van der Waals surface area contributed by atoms with E-state index in [0.717, 1.165) is 5.56 Å². The Morgan fingerprint density at radius 2 is 2.20 bits per heavy atom. The van der Waals surface area contributed by atoms with E-state index in [1.54, 1.807) is 22.9 Å². The molecule has 0 bridgehead atoms. The summed E-state index contributed by atoms with van der Waals surface area (Å²) in [4.78, 5) is 29.5. The number of nitrogens with two attached hydrogens (primary N) is 1. The number of carbonyl (C=O) groups excluding carboxylic acids is 1. The number of amides is 1. The van der Waals surface area contributed by atoms with Crippen molar-refractivity contribution in [3.05, 3.63) is 36.4 Å². The molecule has 0 saturated heterocycles. The Morgan fingerprint density at radius 3 is 2.96 bits per heavy atom. The summed E-state index contributed by atoms with van der Waals surface area (Å²) in [5, 5.41) is 11.3. The molecule has 0 aromatic carbocycles. The molecule has 0 aliphatic heterocycles. The van der Waals surface area contributed by atoms with E-state index in [0.29, 0.717) is 17.2 Å². The molecule has 3 aromatic rings. The summed E-state index contributed by atoms with van der Waals surface area (Å²) >= 11 is 0. The molecular formula is C15H17N7O3. The molecule has 0 radical (unpaired) electrons. The van der Waals surface area contributed by atoms with Gasteiger partial charge in [0.2, 0.25) is 0 Å². The molecule has 130 valence electrons. The van der Waals surface area contributed by atoms with Crippen molar-refractivity contribution in [1.82, 2.24) is 24.7 Å². The predicted molar refractivity (Wildman–Crippen MR) is 90.7 cm³/mol. The zero-order chi connectivity index (χ0) is 17.8. The van der Waals surface area contributed by atoms with Gasteiger partial charge in [-0.3, -0.25) is 9.63 Å². The molecule has 25 heavy (non-hydrogen) atoms. The topological polar surface area (TPSA) is 140 Å². The van der Waals surface area contributed by atoms with Gasteiger partial charge in [0.15, 0.2) is 17.3 Å². The number of aromatic nitrogens is 4. The highest BCUT2D eigenvalue weighted by molar-refractivity contribution is 5.96. The predicted octanol–water partition coefficient (Wildman–Crippen LogP) is 0.0689. The summed E-state index contributed by atoms with van der Waals surface area (Å²) in [7, 11) is 1.50. The van der Waals surface area contributed by atoms with Crippen LogP contribution in [0.5, 0.6) is 0 Å². The number of hydrogen-bond donors (Lipinski definition) is 4. The Hall–Kier alpha value is -3.24. The zero-order valence-electron chi connectivity index (χ0n) is 13.4. The smallest absolute Gasteiger partial charge is 0.273 e. The summed E-state index contributed by atoms with van der Waals surface area (Å²) in [6, 6.07) is 3.62. The van der Waals surface area contributed by atoms with Crippen molar-refractivity contribution in [3.8, 4) is 11.3 Å². The van der Waals surface area contributed by atoms with Crippen molar-refractivity contribution < 1.29 is 14.7 Å². The van der Waals surface area contributed by atoms with Crippen LogP contribution < -0.4 is 16.5 Å². The molecule has 3 aromatic heterocycles. The van der Waals surface area contributed by atoms with E-state index in [9.17, 15) is 4.79 Å². The van der Waals surface area contributed by atoms with Crippen LogP contribution in [0.25, 0.3) is 16.9 Å². The number of rotatable bonds is 6. The fourth-order valence-corrected chi connectivity index (χ4v) is 2.25. The molecule has 0 atom stereocenters. The Labute approximate surface area is 142 Å². The van der Waals surface area contributed by atoms with Crippen LogP contribution in [-0.2, 0) is 4.84 Å². The van der Waals surface area contributed by atoms with E-state index in [-0.39, 0.29) is 24.7 Å². The normalized spacial score (nSPS) is 10.8. The summed E-state index contributed by atoms with van der Waals surface area (Å²) in [6.07, 6.45) is 5.05. The molecule has 0 aliphatic carbocycles. The molecule has 0 aliphatic rings. The average molecular weight is 343 g/mol. The lowest BCUT2D eigenvalue weighted by molar-refractivity contribution is 0.0940. The quantitative estimate of drug-likeness (QED) is 0.461. The van der Waals surface area contributed by atoms with Gasteiger partial charge in [-0.2, -0.15) is 0 Å². The number of nitrogens with one attached hydrogen (secondary N) is 2. The lowest BCUT2D eigenvalue weighted by atomic mass is 10.2. The number of carbonyl (C=O) groups is 1. The Balaban J connectivity index is 1.95. The molecule has 10 nitrogen and oxygen atoms in total. The molecule has 0 unspecified atom stereocenters. The largest absolute Gasteiger partial charge is 0.395 e. The molecule has 3 heterocycles. The van der Waals surface area contributed by atoms with Gasteiger partial charge in [0, 0.05) is 18.3 Å². The number of anilines is 2. The van der Waals surface area contributed by atoms with Crippen LogP contribution in [0.1, 0.15) is 10.5 Å². The van der Waals surface area contributed by atoms with Gasteiger partial charge in [0.25, 0.3) is 5.91 Å². The molecule has 0 fully saturated rings. The fourth-order valence-electron chi connectivity index (χ4n) is 2.25. The maximum Gasteiger partial charge on any atom is 0.273 e. The maximum absolute atomic E-state index is 12.1. The third kappa shape index (κ3) is 3.49. The second-order valence-corrected chi connectivity index (χ2v) is 5.08. The van der Waals surface area contributed by atoms with Gasteiger partial charge < -0.3 is 20.6 Å². The van der Waals surface area contributed by atoms with E-state index < -0.39 is 5.91 Å². The SMILES string of the molecule is CONc1cn2cc(-c3cnc(N)c(C(=O)NCCO)n3)ccc2n1. The summed E-state index contributed by atoms with van der Waals surface area (Å²) in [5.74, 6) is 0.0952. The van der Waals surface area contributed by atoms with Gasteiger partial charge in [-0.1, -0.05) is 0 Å². The second kappa shape index (κ2) is 7.11. The maximum atomic E-state index is 12.1. The van der Waals surface area contributed by atoms with Gasteiger partial charge in [0.1, 0.15) is 5.65 Å². The van der Waals surface area contributed by atoms with E-state index in [4.69, 9.17) is 15.7 Å². The van der Waals surface area contributed by atoms with E-state index in [1.165, 1.54) is 13.3 Å². The number of fused-ring (bicyclic) bond motifs is 1. The van der Waals surface area contributed by atoms with Crippen LogP contribution in [-0.4, -0.2) is 50.6 Å². The van der Waals surface area contributed by atoms with Gasteiger partial charge in [-0.05, 0) is 12.1 Å². The minimum atomic E-state index is -0.490. The standard InChI is InChI=1S/C15H17N7O3/c1-25-21-11-8-22-7-9(2-3-12(22)20-11)10-6-18-14(16)13(19-10)15(24)17-4-5-23/h2-3,6-8,21,23H,4-5H2,1H3,(H2,16,18)(H,17,24). The summed E-state index contributed by atoms with van der Waals surface area (Å²) in [5.41, 5.74) is 10.3. The van der Waals surface area contributed by atoms with Crippen molar-refractivity contribution in [2.24, 2.45) is 0 Å². The Kier molecular flexibility index (Phi) is 4.73. The van der Waals surface area contributed by atoms with E-state index in [2.05, 4.69) is 25.7 Å². The van der Waals surface area contributed by atoms with Gasteiger partial charge in [-0.25, -0.2) is 20.4 Å². The minimum Gasteiger partial charge on any atom is -0.395 e. The van der Waals surface area contributed by atoms with Crippen molar-refractivity contribution >= 4 is 23.2 Å². The van der Waals surface area contributed by atoms with Crippen molar-refractivity contribution in [3.63, 3.8) is 0 Å². The first-order valence-electron chi connectivity index (χ1n) is 7.42. The minimum absolute atomic E-state index is 0.0124. The molecule has 3 rings (SSSR count). The third-order valence-corrected chi connectivity index (χ3v) is 3.37. The number of imidazole rings is 1. The highest BCUT2D eigenvalue weighted by Crippen LogP contribution is 2.20. The van der Waals surface area contributed by atoms with Crippen molar-refractivity contribution in [1.29, 1.82) is 0 Å². The summed E-state index contributed by atoms with van der Waals surface area (Å²) in [6.45, 7) is -0.0612. The monoisotopic (exact) mass is 343 g/mol. The molecule has 5 N–H and O–H groups in total. The lowest BCUT2D eigenvalue weighted by Crippen LogP contribution is -2.28. The second-order valence-electron chi connectivity index (χ2n) is 5.08. The first-order chi connectivity index (χ1) is 12.1. The summed E-state index contributed by atoms with van der Waals surface area (Å²) < 4.78 is 1.79. The Morgan fingerprint density at radius 1 is 1.36 bits per heavy atom. The number of hydrogen-bond acceptors (Lipinski definition) is 8. The van der Waals surface area contributed by atoms with Crippen LogP contribution >= 0.6 is 0 Å². The first-order valence-corrected chi connectivity index (χ1v) is 7.42. The van der Waals surface area contributed by atoms with Gasteiger partial charge in [0.05, 0.1) is 31.8 Å². The average Bonchev–Trinajstić information content (AvgIpc) is 3.02. The first kappa shape index (κ1) is 16.6. The molecule has 1 amide bonds. The van der Waals surface area contributed by atoms with Crippen LogP contribution in [0, 0.1) is 0 Å². The van der Waals surface area contributed by atoms with E-state index in [1.807, 2.05) is 6.07 Å². The zero-order valence-corrected chi connectivity index (χ0v) is 13.4. The van der Waals surface area contributed by atoms with Crippen LogP contribution in [0.2, 0.25) is 0 Å². The van der Waals surface area contributed by atoms with Gasteiger partial charge in [-0.15, -0.1) is 0 Å². The fraction of sp³-hybridized carbons (Fsp3) is 0.200. The van der Waals surface area contributed by atoms with E-state index >= 15 is 0 Å². The molecule has 0 saturated carbocycles. The van der Waals surface area contributed by atoms with Crippen LogP contribution in [0.4, 0.5) is 11.6 Å². The molecule has 10 heteroatoms. The Bertz CT molecular complexity index is 909. The number of aliphatic hydroxyl groups is 1. The number of nitrogen functional groups attached to an aromatic ring is 1. The van der Waals surface area contributed by atoms with Gasteiger partial charge >= 0.3 is 0 Å².